The Hall–Kier alpha value is -2.64. The van der Waals surface area contributed by atoms with Gasteiger partial charge in [0.05, 0.1) is 13.2 Å². The lowest BCUT2D eigenvalue weighted by Gasteiger charge is -2.35. The molecule has 0 spiro atoms. The summed E-state index contributed by atoms with van der Waals surface area (Å²) in [6, 6.07) is 0. The van der Waals surface area contributed by atoms with Gasteiger partial charge in [-0.1, -0.05) is 13.2 Å². The fourth-order valence-corrected chi connectivity index (χ4v) is 2.53. The van der Waals surface area contributed by atoms with E-state index in [1.807, 2.05) is 0 Å². The van der Waals surface area contributed by atoms with Gasteiger partial charge in [0, 0.05) is 24.0 Å². The van der Waals surface area contributed by atoms with Gasteiger partial charge in [0.1, 0.15) is 11.2 Å². The molecule has 0 aliphatic rings. The molecule has 0 N–H and O–H groups in total. The first kappa shape index (κ1) is 28.4. The fraction of sp³-hybridized carbons (Fsp3) is 0.652. The van der Waals surface area contributed by atoms with E-state index in [0.29, 0.717) is 0 Å². The first-order valence-electron chi connectivity index (χ1n) is 10.2. The molecule has 0 rings (SSSR count). The second kappa shape index (κ2) is 11.1. The maximum atomic E-state index is 13.3. The summed E-state index contributed by atoms with van der Waals surface area (Å²) < 4.78 is 20.9. The van der Waals surface area contributed by atoms with Gasteiger partial charge in [-0.25, -0.2) is 9.59 Å². The van der Waals surface area contributed by atoms with Crippen LogP contribution in [0.5, 0.6) is 0 Å². The van der Waals surface area contributed by atoms with E-state index in [1.165, 1.54) is 0 Å². The highest BCUT2D eigenvalue weighted by Crippen LogP contribution is 2.39. The highest BCUT2D eigenvalue weighted by molar-refractivity contribution is 6.04. The van der Waals surface area contributed by atoms with Crippen LogP contribution in [0, 0.1) is 5.41 Å². The van der Waals surface area contributed by atoms with Gasteiger partial charge in [0.15, 0.2) is 5.41 Å². The summed E-state index contributed by atoms with van der Waals surface area (Å²) >= 11 is 0. The van der Waals surface area contributed by atoms with Gasteiger partial charge in [0.25, 0.3) is 0 Å². The molecule has 0 unspecified atom stereocenters. The molecule has 0 aromatic rings. The molecule has 0 saturated heterocycles. The Bertz CT molecular complexity index is 657. The van der Waals surface area contributed by atoms with E-state index in [4.69, 9.17) is 18.9 Å². The highest BCUT2D eigenvalue weighted by Gasteiger charge is 2.53. The summed E-state index contributed by atoms with van der Waals surface area (Å²) in [5.74, 6) is -3.49. The van der Waals surface area contributed by atoms with Crippen molar-refractivity contribution >= 4 is 23.9 Å². The summed E-state index contributed by atoms with van der Waals surface area (Å²) in [5, 5.41) is 0. The molecular weight excluding hydrogens is 404 g/mol. The Balaban J connectivity index is 6.49. The third-order valence-corrected chi connectivity index (χ3v) is 3.74. The van der Waals surface area contributed by atoms with Crippen LogP contribution in [0.1, 0.15) is 68.2 Å². The third-order valence-electron chi connectivity index (χ3n) is 3.74. The molecule has 0 amide bonds. The molecular formula is C23H36O8. The maximum absolute atomic E-state index is 13.3. The molecule has 8 heteroatoms. The second-order valence-electron chi connectivity index (χ2n) is 9.09. The van der Waals surface area contributed by atoms with Crippen LogP contribution in [-0.4, -0.2) is 48.3 Å². The van der Waals surface area contributed by atoms with Crippen LogP contribution in [0.15, 0.2) is 24.3 Å². The van der Waals surface area contributed by atoms with E-state index in [0.717, 1.165) is 0 Å². The fourth-order valence-electron chi connectivity index (χ4n) is 2.53. The molecule has 176 valence electrons. The van der Waals surface area contributed by atoms with E-state index < -0.39 is 53.3 Å². The van der Waals surface area contributed by atoms with Crippen molar-refractivity contribution in [2.75, 3.05) is 13.2 Å². The Morgan fingerprint density at radius 2 is 0.935 bits per heavy atom. The van der Waals surface area contributed by atoms with Gasteiger partial charge in [-0.15, -0.1) is 0 Å². The smallest absolute Gasteiger partial charge is 0.333 e. The Morgan fingerprint density at radius 1 is 0.645 bits per heavy atom. The van der Waals surface area contributed by atoms with Gasteiger partial charge in [-0.2, -0.15) is 0 Å². The van der Waals surface area contributed by atoms with Crippen molar-refractivity contribution < 1.29 is 38.1 Å². The zero-order valence-corrected chi connectivity index (χ0v) is 20.0. The van der Waals surface area contributed by atoms with Gasteiger partial charge in [-0.05, 0) is 55.4 Å². The molecule has 31 heavy (non-hydrogen) atoms. The SMILES string of the molecule is C=C(CC(CC(=C)C(=O)OCC)(C(=O)OC(C)(C)C)C(=O)OC(C)(C)C)C(=O)OCC. The van der Waals surface area contributed by atoms with E-state index in [2.05, 4.69) is 13.2 Å². The van der Waals surface area contributed by atoms with Gasteiger partial charge >= 0.3 is 23.9 Å². The standard InChI is InChI=1S/C23H36O8/c1-11-28-17(24)15(3)13-23(19(26)30-21(5,6)7,20(27)31-22(8,9)10)14-16(4)18(25)29-12-2/h3-4,11-14H2,1-2,5-10H3. The first-order chi connectivity index (χ1) is 14.0. The van der Waals surface area contributed by atoms with Crippen molar-refractivity contribution in [3.05, 3.63) is 24.3 Å². The number of hydrogen-bond acceptors (Lipinski definition) is 8. The molecule has 8 nitrogen and oxygen atoms in total. The number of ether oxygens (including phenoxy) is 4. The minimum atomic E-state index is -2.09. The van der Waals surface area contributed by atoms with Gasteiger partial charge < -0.3 is 18.9 Å². The largest absolute Gasteiger partial charge is 0.463 e. The molecule has 0 aliphatic heterocycles. The lowest BCUT2D eigenvalue weighted by atomic mass is 9.76. The van der Waals surface area contributed by atoms with E-state index in [1.54, 1.807) is 55.4 Å². The van der Waals surface area contributed by atoms with Crippen LogP contribution in [-0.2, 0) is 38.1 Å². The second-order valence-corrected chi connectivity index (χ2v) is 9.09. The average molecular weight is 441 g/mol. The molecule has 0 fully saturated rings. The lowest BCUT2D eigenvalue weighted by molar-refractivity contribution is -0.185. The number of esters is 4. The number of hydrogen-bond donors (Lipinski definition) is 0. The minimum absolute atomic E-state index is 0.0826. The predicted octanol–water partition coefficient (Wildman–Crippen LogP) is 3.68. The Kier molecular flexibility index (Phi) is 10.2. The summed E-state index contributed by atoms with van der Waals surface area (Å²) in [7, 11) is 0. The van der Waals surface area contributed by atoms with E-state index in [-0.39, 0.29) is 24.4 Å². The monoisotopic (exact) mass is 440 g/mol. The molecule has 0 radical (unpaired) electrons. The highest BCUT2D eigenvalue weighted by atomic mass is 16.6. The van der Waals surface area contributed by atoms with Crippen LogP contribution >= 0.6 is 0 Å². The number of carbonyl (C=O) groups excluding carboxylic acids is 4. The number of rotatable bonds is 10. The molecule has 0 atom stereocenters. The van der Waals surface area contributed by atoms with Crippen molar-refractivity contribution in [2.24, 2.45) is 5.41 Å². The molecule has 0 aliphatic carbocycles. The molecule has 0 saturated carbocycles. The van der Waals surface area contributed by atoms with Crippen molar-refractivity contribution in [1.82, 2.24) is 0 Å². The summed E-state index contributed by atoms with van der Waals surface area (Å²) in [6.07, 6.45) is -0.956. The predicted molar refractivity (Wildman–Crippen MR) is 115 cm³/mol. The van der Waals surface area contributed by atoms with Crippen molar-refractivity contribution in [3.63, 3.8) is 0 Å². The molecule has 0 heterocycles. The zero-order chi connectivity index (χ0) is 24.6. The van der Waals surface area contributed by atoms with Gasteiger partial charge in [0.2, 0.25) is 0 Å². The van der Waals surface area contributed by atoms with Crippen LogP contribution < -0.4 is 0 Å². The van der Waals surface area contributed by atoms with E-state index >= 15 is 0 Å². The summed E-state index contributed by atoms with van der Waals surface area (Å²) in [4.78, 5) is 51.1. The molecule has 0 aromatic carbocycles. The Labute approximate surface area is 184 Å². The van der Waals surface area contributed by atoms with Gasteiger partial charge in [-0.3, -0.25) is 9.59 Å². The van der Waals surface area contributed by atoms with Crippen LogP contribution in [0.3, 0.4) is 0 Å². The summed E-state index contributed by atoms with van der Waals surface area (Å²) in [5.41, 5.74) is -4.29. The lowest BCUT2D eigenvalue weighted by Crippen LogP contribution is -2.48. The van der Waals surface area contributed by atoms with Crippen molar-refractivity contribution in [1.29, 1.82) is 0 Å². The normalized spacial score (nSPS) is 11.9. The summed E-state index contributed by atoms with van der Waals surface area (Å²) in [6.45, 7) is 20.5. The number of carbonyl (C=O) groups is 4. The molecule has 0 aromatic heterocycles. The third kappa shape index (κ3) is 9.36. The average Bonchev–Trinajstić information content (AvgIpc) is 2.58. The maximum Gasteiger partial charge on any atom is 0.333 e. The van der Waals surface area contributed by atoms with Crippen LogP contribution in [0.25, 0.3) is 0 Å². The van der Waals surface area contributed by atoms with Crippen molar-refractivity contribution in [3.8, 4) is 0 Å². The quantitative estimate of drug-likeness (QED) is 0.219. The molecule has 0 bridgehead atoms. The zero-order valence-electron chi connectivity index (χ0n) is 20.0. The minimum Gasteiger partial charge on any atom is -0.463 e. The van der Waals surface area contributed by atoms with Crippen LogP contribution in [0.4, 0.5) is 0 Å². The Morgan fingerprint density at radius 3 is 1.16 bits per heavy atom. The van der Waals surface area contributed by atoms with E-state index in [9.17, 15) is 19.2 Å². The van der Waals surface area contributed by atoms with Crippen molar-refractivity contribution in [2.45, 2.75) is 79.4 Å². The van der Waals surface area contributed by atoms with Crippen LogP contribution in [0.2, 0.25) is 0 Å². The topological polar surface area (TPSA) is 105 Å². The first-order valence-corrected chi connectivity index (χ1v) is 10.2.